The quantitative estimate of drug-likeness (QED) is 0.474. The molecule has 0 fully saturated rings. The van der Waals surface area contributed by atoms with E-state index in [1.54, 1.807) is 0 Å². The Kier molecular flexibility index (Phi) is 4.32. The van der Waals surface area contributed by atoms with Gasteiger partial charge in [-0.1, -0.05) is 19.0 Å². The molecule has 0 radical (unpaired) electrons. The van der Waals surface area contributed by atoms with Crippen molar-refractivity contribution in [3.63, 3.8) is 0 Å². The maximum Gasteiger partial charge on any atom is 0.360 e. The van der Waals surface area contributed by atoms with E-state index in [1.807, 2.05) is 13.8 Å². The summed E-state index contributed by atoms with van der Waals surface area (Å²) in [5.74, 6) is -0.0763. The molecule has 0 unspecified atom stereocenters. The lowest BCUT2D eigenvalue weighted by atomic mass is 10.2. The van der Waals surface area contributed by atoms with Crippen molar-refractivity contribution in [3.05, 3.63) is 41.4 Å². The molecular formula is C14H14N2O5. The molecule has 110 valence electrons. The smallest absolute Gasteiger partial charge is 0.360 e. The number of methoxy groups -OCH3 is 1. The lowest BCUT2D eigenvalue weighted by molar-refractivity contribution is 0.0589. The van der Waals surface area contributed by atoms with E-state index >= 15 is 0 Å². The highest BCUT2D eigenvalue weighted by molar-refractivity contribution is 6.05. The third kappa shape index (κ3) is 3.44. The summed E-state index contributed by atoms with van der Waals surface area (Å²) < 4.78 is 14.6. The summed E-state index contributed by atoms with van der Waals surface area (Å²) in [7, 11) is 1.24. The van der Waals surface area contributed by atoms with Crippen LogP contribution < -0.4 is 0 Å². The van der Waals surface area contributed by atoms with Crippen LogP contribution in [-0.4, -0.2) is 29.0 Å². The zero-order chi connectivity index (χ0) is 15.4. The summed E-state index contributed by atoms with van der Waals surface area (Å²) in [4.78, 5) is 27.2. The van der Waals surface area contributed by atoms with E-state index < -0.39 is 5.97 Å². The fraction of sp³-hybridized carbons (Fsp3) is 0.286. The monoisotopic (exact) mass is 290 g/mol. The molecule has 0 saturated heterocycles. The normalized spacial score (nSPS) is 11.2. The van der Waals surface area contributed by atoms with Crippen molar-refractivity contribution in [3.8, 4) is 0 Å². The highest BCUT2D eigenvalue weighted by Gasteiger charge is 2.13. The van der Waals surface area contributed by atoms with E-state index in [-0.39, 0.29) is 28.8 Å². The Bertz CT molecular complexity index is 681. The fourth-order valence-electron chi connectivity index (χ4n) is 1.48. The number of carbonyl (C=O) groups excluding carboxylic acids is 2. The molecule has 7 heteroatoms. The molecule has 0 bridgehead atoms. The van der Waals surface area contributed by atoms with E-state index in [4.69, 9.17) is 8.94 Å². The first-order chi connectivity index (χ1) is 10.0. The Balaban J connectivity index is 2.07. The van der Waals surface area contributed by atoms with Crippen LogP contribution in [0.25, 0.3) is 6.08 Å². The zero-order valence-corrected chi connectivity index (χ0v) is 11.8. The summed E-state index contributed by atoms with van der Waals surface area (Å²) in [5, 5.41) is 3.52. The van der Waals surface area contributed by atoms with E-state index in [0.29, 0.717) is 5.89 Å². The Morgan fingerprint density at radius 2 is 2.10 bits per heavy atom. The lowest BCUT2D eigenvalue weighted by Crippen LogP contribution is -2.00. The number of rotatable bonds is 5. The molecule has 2 aromatic rings. The summed E-state index contributed by atoms with van der Waals surface area (Å²) in [6, 6.07) is 1.37. The number of aromatic nitrogens is 2. The first kappa shape index (κ1) is 14.7. The molecule has 7 nitrogen and oxygen atoms in total. The number of hydrogen-bond acceptors (Lipinski definition) is 7. The Hall–Kier alpha value is -2.70. The van der Waals surface area contributed by atoms with E-state index in [9.17, 15) is 9.59 Å². The highest BCUT2D eigenvalue weighted by atomic mass is 16.5. The van der Waals surface area contributed by atoms with Gasteiger partial charge in [0.1, 0.15) is 12.0 Å². The first-order valence-electron chi connectivity index (χ1n) is 6.24. The predicted octanol–water partition coefficient (Wildman–Crippen LogP) is 2.47. The van der Waals surface area contributed by atoms with Gasteiger partial charge in [-0.2, -0.15) is 0 Å². The molecule has 2 rings (SSSR count). The average molecular weight is 290 g/mol. The maximum absolute atomic E-state index is 11.9. The van der Waals surface area contributed by atoms with Crippen LogP contribution in [0.4, 0.5) is 0 Å². The molecule has 2 aromatic heterocycles. The van der Waals surface area contributed by atoms with Gasteiger partial charge in [-0.05, 0) is 12.2 Å². The van der Waals surface area contributed by atoms with Crippen molar-refractivity contribution in [2.75, 3.05) is 7.11 Å². The van der Waals surface area contributed by atoms with Crippen LogP contribution >= 0.6 is 0 Å². The van der Waals surface area contributed by atoms with Crippen LogP contribution in [-0.2, 0) is 4.74 Å². The van der Waals surface area contributed by atoms with Gasteiger partial charge in [0.05, 0.1) is 7.11 Å². The second kappa shape index (κ2) is 6.17. The molecule has 0 saturated carbocycles. The third-order valence-electron chi connectivity index (χ3n) is 2.59. The molecule has 0 amide bonds. The zero-order valence-electron chi connectivity index (χ0n) is 11.8. The van der Waals surface area contributed by atoms with Crippen LogP contribution in [0, 0.1) is 0 Å². The minimum Gasteiger partial charge on any atom is -0.464 e. The molecule has 0 aliphatic rings. The minimum absolute atomic E-state index is 0.0353. The van der Waals surface area contributed by atoms with Gasteiger partial charge in [0, 0.05) is 12.0 Å². The van der Waals surface area contributed by atoms with Gasteiger partial charge in [-0.3, -0.25) is 4.79 Å². The van der Waals surface area contributed by atoms with Crippen LogP contribution in [0.2, 0.25) is 0 Å². The topological polar surface area (TPSA) is 95.4 Å². The Morgan fingerprint density at radius 3 is 2.71 bits per heavy atom. The molecule has 0 atom stereocenters. The molecular weight excluding hydrogens is 276 g/mol. The van der Waals surface area contributed by atoms with Gasteiger partial charge in [-0.15, -0.1) is 0 Å². The lowest BCUT2D eigenvalue weighted by Gasteiger charge is -1.93. The molecule has 0 spiro atoms. The van der Waals surface area contributed by atoms with Crippen molar-refractivity contribution < 1.29 is 23.3 Å². The molecule has 0 aliphatic carbocycles. The third-order valence-corrected chi connectivity index (χ3v) is 2.59. The summed E-state index contributed by atoms with van der Waals surface area (Å²) >= 11 is 0. The number of esters is 1. The van der Waals surface area contributed by atoms with E-state index in [1.165, 1.54) is 31.6 Å². The largest absolute Gasteiger partial charge is 0.464 e. The Morgan fingerprint density at radius 1 is 1.33 bits per heavy atom. The number of hydrogen-bond donors (Lipinski definition) is 0. The summed E-state index contributed by atoms with van der Waals surface area (Å²) in [5.41, 5.74) is 0.246. The SMILES string of the molecule is COC(=O)c1cc(/C=C/C(=O)c2coc(C(C)C)n2)on1. The van der Waals surface area contributed by atoms with Gasteiger partial charge in [0.25, 0.3) is 0 Å². The van der Waals surface area contributed by atoms with Crippen molar-refractivity contribution >= 4 is 17.8 Å². The predicted molar refractivity (Wildman–Crippen MR) is 71.8 cm³/mol. The minimum atomic E-state index is -0.609. The van der Waals surface area contributed by atoms with Gasteiger partial charge >= 0.3 is 5.97 Å². The van der Waals surface area contributed by atoms with Crippen LogP contribution in [0.5, 0.6) is 0 Å². The molecule has 21 heavy (non-hydrogen) atoms. The number of nitrogens with zero attached hydrogens (tertiary/aromatic N) is 2. The van der Waals surface area contributed by atoms with Crippen LogP contribution in [0.3, 0.4) is 0 Å². The summed E-state index contributed by atoms with van der Waals surface area (Å²) in [6.45, 7) is 3.83. The maximum atomic E-state index is 11.9. The van der Waals surface area contributed by atoms with E-state index in [2.05, 4.69) is 14.9 Å². The van der Waals surface area contributed by atoms with Crippen molar-refractivity contribution in [1.29, 1.82) is 0 Å². The second-order valence-electron chi connectivity index (χ2n) is 4.53. The molecule has 0 N–H and O–H groups in total. The number of oxazole rings is 1. The van der Waals surface area contributed by atoms with Crippen LogP contribution in [0.15, 0.2) is 27.3 Å². The van der Waals surface area contributed by atoms with Gasteiger partial charge in [0.15, 0.2) is 17.3 Å². The van der Waals surface area contributed by atoms with Gasteiger partial charge in [0.2, 0.25) is 5.78 Å². The average Bonchev–Trinajstić information content (AvgIpc) is 3.12. The van der Waals surface area contributed by atoms with Crippen LogP contribution in [0.1, 0.15) is 52.4 Å². The second-order valence-corrected chi connectivity index (χ2v) is 4.53. The molecule has 2 heterocycles. The van der Waals surface area contributed by atoms with Crippen molar-refractivity contribution in [1.82, 2.24) is 10.1 Å². The number of allylic oxidation sites excluding steroid dienone is 1. The number of ether oxygens (including phenoxy) is 1. The van der Waals surface area contributed by atoms with Gasteiger partial charge < -0.3 is 13.7 Å². The fourth-order valence-corrected chi connectivity index (χ4v) is 1.48. The highest BCUT2D eigenvalue weighted by Crippen LogP contribution is 2.14. The first-order valence-corrected chi connectivity index (χ1v) is 6.24. The Labute approximate surface area is 120 Å². The molecule has 0 aliphatic heterocycles. The standard InChI is InChI=1S/C14H14N2O5/c1-8(2)13-15-11(7-20-13)12(17)5-4-9-6-10(16-21-9)14(18)19-3/h4-8H,1-3H3/b5-4+. The van der Waals surface area contributed by atoms with Crippen molar-refractivity contribution in [2.45, 2.75) is 19.8 Å². The number of ketones is 1. The van der Waals surface area contributed by atoms with Crippen molar-refractivity contribution in [2.24, 2.45) is 0 Å². The summed E-state index contributed by atoms with van der Waals surface area (Å²) in [6.07, 6.45) is 3.97. The molecule has 0 aromatic carbocycles. The van der Waals surface area contributed by atoms with E-state index in [0.717, 1.165) is 0 Å². The number of carbonyl (C=O) groups is 2. The van der Waals surface area contributed by atoms with Gasteiger partial charge in [-0.25, -0.2) is 9.78 Å².